The lowest BCUT2D eigenvalue weighted by Gasteiger charge is -2.06. The van der Waals surface area contributed by atoms with E-state index in [4.69, 9.17) is 9.47 Å². The first kappa shape index (κ1) is 12.1. The lowest BCUT2D eigenvalue weighted by Crippen LogP contribution is -2.13. The molecule has 1 saturated heterocycles. The van der Waals surface area contributed by atoms with Gasteiger partial charge in [0.25, 0.3) is 0 Å². The number of benzene rings is 1. The molecule has 1 aromatic carbocycles. The zero-order valence-corrected chi connectivity index (χ0v) is 10.1. The van der Waals surface area contributed by atoms with Crippen molar-refractivity contribution in [2.24, 2.45) is 0 Å². The lowest BCUT2D eigenvalue weighted by molar-refractivity contribution is -0.144. The van der Waals surface area contributed by atoms with Crippen LogP contribution < -0.4 is 0 Å². The van der Waals surface area contributed by atoms with E-state index in [1.54, 1.807) is 0 Å². The molecule has 0 N–H and O–H groups in total. The van der Waals surface area contributed by atoms with E-state index in [9.17, 15) is 4.79 Å². The van der Waals surface area contributed by atoms with Crippen molar-refractivity contribution in [2.75, 3.05) is 13.2 Å². The molecule has 17 heavy (non-hydrogen) atoms. The summed E-state index contributed by atoms with van der Waals surface area (Å²) in [6.45, 7) is 3.28. The highest BCUT2D eigenvalue weighted by Crippen LogP contribution is 2.29. The van der Waals surface area contributed by atoms with Crippen molar-refractivity contribution in [2.45, 2.75) is 31.8 Å². The molecule has 2 rings (SSSR count). The van der Waals surface area contributed by atoms with Gasteiger partial charge in [0.1, 0.15) is 0 Å². The molecular weight excluding hydrogens is 216 g/mol. The summed E-state index contributed by atoms with van der Waals surface area (Å²) in [5, 5.41) is 0. The Morgan fingerprint density at radius 2 is 2.12 bits per heavy atom. The van der Waals surface area contributed by atoms with Gasteiger partial charge in [0.05, 0.1) is 18.8 Å². The van der Waals surface area contributed by atoms with Crippen molar-refractivity contribution >= 4 is 5.97 Å². The van der Waals surface area contributed by atoms with E-state index in [-0.39, 0.29) is 11.6 Å². The van der Waals surface area contributed by atoms with Crippen molar-refractivity contribution in [1.82, 2.24) is 0 Å². The van der Waals surface area contributed by atoms with Crippen LogP contribution in [0.3, 0.4) is 0 Å². The molecule has 0 unspecified atom stereocenters. The number of hydrogen-bond acceptors (Lipinski definition) is 3. The van der Waals surface area contributed by atoms with E-state index in [0.29, 0.717) is 13.0 Å². The monoisotopic (exact) mass is 234 g/mol. The Kier molecular flexibility index (Phi) is 3.79. The van der Waals surface area contributed by atoms with E-state index in [2.05, 4.69) is 0 Å². The van der Waals surface area contributed by atoms with E-state index >= 15 is 0 Å². The number of rotatable bonds is 6. The van der Waals surface area contributed by atoms with Gasteiger partial charge in [0.2, 0.25) is 0 Å². The van der Waals surface area contributed by atoms with Crippen LogP contribution in [0.25, 0.3) is 0 Å². The van der Waals surface area contributed by atoms with Gasteiger partial charge in [-0.15, -0.1) is 0 Å². The summed E-state index contributed by atoms with van der Waals surface area (Å²) in [7, 11) is 0. The lowest BCUT2D eigenvalue weighted by atomic mass is 10.1. The fourth-order valence-electron chi connectivity index (χ4n) is 1.61. The minimum absolute atomic E-state index is 0.0281. The molecule has 1 heterocycles. The molecule has 0 radical (unpaired) electrons. The molecule has 1 aliphatic rings. The normalized spacial score (nSPS) is 22.2. The second kappa shape index (κ2) is 5.32. The van der Waals surface area contributed by atoms with Crippen LogP contribution in [0.5, 0.6) is 0 Å². The summed E-state index contributed by atoms with van der Waals surface area (Å²) in [5.74, 6) is -0.127. The number of aryl methyl sites for hydroxylation is 1. The third-order valence-corrected chi connectivity index (χ3v) is 2.99. The smallest absolute Gasteiger partial charge is 0.306 e. The van der Waals surface area contributed by atoms with Crippen LogP contribution >= 0.6 is 0 Å². The molecule has 0 spiro atoms. The van der Waals surface area contributed by atoms with Crippen LogP contribution in [0.1, 0.15) is 25.3 Å². The third kappa shape index (κ3) is 4.19. The van der Waals surface area contributed by atoms with Gasteiger partial charge in [-0.3, -0.25) is 4.79 Å². The van der Waals surface area contributed by atoms with Crippen LogP contribution in [0.4, 0.5) is 0 Å². The average molecular weight is 234 g/mol. The Bertz CT molecular complexity index is 368. The molecule has 0 bridgehead atoms. The first-order valence-corrected chi connectivity index (χ1v) is 6.01. The average Bonchev–Trinajstić information content (AvgIpc) is 3.06. The maximum Gasteiger partial charge on any atom is 0.306 e. The second-order valence-electron chi connectivity index (χ2n) is 4.69. The van der Waals surface area contributed by atoms with Gasteiger partial charge < -0.3 is 9.47 Å². The standard InChI is InChI=1S/C14H18O3/c1-14(11-17-14)9-10-16-13(15)8-7-12-5-3-2-4-6-12/h2-6H,7-11H2,1H3/t14-/m0/s1. The summed E-state index contributed by atoms with van der Waals surface area (Å²) < 4.78 is 10.4. The summed E-state index contributed by atoms with van der Waals surface area (Å²) in [4.78, 5) is 11.5. The first-order valence-electron chi connectivity index (χ1n) is 6.01. The van der Waals surface area contributed by atoms with Crippen molar-refractivity contribution in [3.05, 3.63) is 35.9 Å². The molecule has 0 saturated carbocycles. The molecule has 3 heteroatoms. The predicted octanol–water partition coefficient (Wildman–Crippen LogP) is 2.34. The molecule has 1 fully saturated rings. The first-order chi connectivity index (χ1) is 8.18. The molecule has 1 atom stereocenters. The van der Waals surface area contributed by atoms with Crippen molar-refractivity contribution in [3.8, 4) is 0 Å². The number of ether oxygens (including phenoxy) is 2. The van der Waals surface area contributed by atoms with Crippen LogP contribution in [-0.2, 0) is 20.7 Å². The maximum absolute atomic E-state index is 11.5. The Hall–Kier alpha value is -1.35. The number of hydrogen-bond donors (Lipinski definition) is 0. The van der Waals surface area contributed by atoms with Crippen LogP contribution in [0, 0.1) is 0 Å². The van der Waals surface area contributed by atoms with E-state index in [0.717, 1.165) is 19.4 Å². The topological polar surface area (TPSA) is 38.8 Å². The molecule has 0 amide bonds. The van der Waals surface area contributed by atoms with Crippen molar-refractivity contribution < 1.29 is 14.3 Å². The molecular formula is C14H18O3. The second-order valence-corrected chi connectivity index (χ2v) is 4.69. The SMILES string of the molecule is C[C@]1(CCOC(=O)CCc2ccccc2)CO1. The highest BCUT2D eigenvalue weighted by molar-refractivity contribution is 5.69. The van der Waals surface area contributed by atoms with Crippen molar-refractivity contribution in [3.63, 3.8) is 0 Å². The zero-order chi connectivity index (χ0) is 12.1. The van der Waals surface area contributed by atoms with E-state index in [1.165, 1.54) is 5.56 Å². The Morgan fingerprint density at radius 1 is 1.41 bits per heavy atom. The van der Waals surface area contributed by atoms with Crippen LogP contribution in [-0.4, -0.2) is 24.8 Å². The van der Waals surface area contributed by atoms with Crippen molar-refractivity contribution in [1.29, 1.82) is 0 Å². The van der Waals surface area contributed by atoms with Gasteiger partial charge in [-0.25, -0.2) is 0 Å². The maximum atomic E-state index is 11.5. The molecule has 1 aliphatic heterocycles. The highest BCUT2D eigenvalue weighted by atomic mass is 16.6. The van der Waals surface area contributed by atoms with Crippen LogP contribution in [0.2, 0.25) is 0 Å². The third-order valence-electron chi connectivity index (χ3n) is 2.99. The van der Waals surface area contributed by atoms with Gasteiger partial charge in [-0.1, -0.05) is 30.3 Å². The quantitative estimate of drug-likeness (QED) is 0.560. The Labute approximate surface area is 102 Å². The number of carbonyl (C=O) groups excluding carboxylic acids is 1. The predicted molar refractivity (Wildman–Crippen MR) is 64.7 cm³/mol. The highest BCUT2D eigenvalue weighted by Gasteiger charge is 2.38. The van der Waals surface area contributed by atoms with Crippen LogP contribution in [0.15, 0.2) is 30.3 Å². The number of epoxide rings is 1. The molecule has 0 aliphatic carbocycles. The zero-order valence-electron chi connectivity index (χ0n) is 10.1. The van der Waals surface area contributed by atoms with Gasteiger partial charge in [0.15, 0.2) is 0 Å². The fraction of sp³-hybridized carbons (Fsp3) is 0.500. The molecule has 1 aromatic rings. The fourth-order valence-corrected chi connectivity index (χ4v) is 1.61. The van der Waals surface area contributed by atoms with E-state index < -0.39 is 0 Å². The molecule has 0 aromatic heterocycles. The number of carbonyl (C=O) groups is 1. The summed E-state index contributed by atoms with van der Waals surface area (Å²) in [5.41, 5.74) is 1.14. The Morgan fingerprint density at radius 3 is 2.76 bits per heavy atom. The minimum atomic E-state index is -0.127. The van der Waals surface area contributed by atoms with E-state index in [1.807, 2.05) is 37.3 Å². The molecule has 3 nitrogen and oxygen atoms in total. The summed E-state index contributed by atoms with van der Waals surface area (Å²) in [6, 6.07) is 9.97. The molecule has 92 valence electrons. The largest absolute Gasteiger partial charge is 0.466 e. The van der Waals surface area contributed by atoms with Gasteiger partial charge in [-0.2, -0.15) is 0 Å². The van der Waals surface area contributed by atoms with Gasteiger partial charge in [0, 0.05) is 12.8 Å². The summed E-state index contributed by atoms with van der Waals surface area (Å²) >= 11 is 0. The van der Waals surface area contributed by atoms with Gasteiger partial charge >= 0.3 is 5.97 Å². The van der Waals surface area contributed by atoms with Gasteiger partial charge in [-0.05, 0) is 18.9 Å². The Balaban J connectivity index is 1.61. The minimum Gasteiger partial charge on any atom is -0.466 e. The number of esters is 1. The summed E-state index contributed by atoms with van der Waals surface area (Å²) in [6.07, 6.45) is 1.99.